The van der Waals surface area contributed by atoms with Crippen LogP contribution in [-0.2, 0) is 6.54 Å². The van der Waals surface area contributed by atoms with Crippen LogP contribution in [0.3, 0.4) is 0 Å². The van der Waals surface area contributed by atoms with Crippen molar-refractivity contribution in [3.63, 3.8) is 0 Å². The minimum atomic E-state index is -0.470. The van der Waals surface area contributed by atoms with Gasteiger partial charge in [-0.3, -0.25) is 4.79 Å². The largest absolute Gasteiger partial charge is 0.357 e. The number of anilines is 1. The molecule has 0 fully saturated rings. The zero-order chi connectivity index (χ0) is 16.8. The topological polar surface area (TPSA) is 45.2 Å². The molecular weight excluding hydrogens is 317 g/mol. The molecule has 1 amide bonds. The molecule has 1 aromatic heterocycles. The Kier molecular flexibility index (Phi) is 5.93. The van der Waals surface area contributed by atoms with Crippen molar-refractivity contribution in [1.29, 1.82) is 0 Å². The second kappa shape index (κ2) is 7.92. The van der Waals surface area contributed by atoms with Gasteiger partial charge in [0.2, 0.25) is 0 Å². The molecule has 6 heteroatoms. The first kappa shape index (κ1) is 17.2. The average molecular weight is 336 g/mol. The minimum absolute atomic E-state index is 0.0949. The monoisotopic (exact) mass is 335 g/mol. The number of amides is 1. The summed E-state index contributed by atoms with van der Waals surface area (Å²) in [4.78, 5) is 18.6. The SMILES string of the molecule is CCN(CC)c1ccc(CNC(=O)c2ccc(F)cc2Cl)cn1. The molecule has 1 aromatic carbocycles. The van der Waals surface area contributed by atoms with E-state index in [1.165, 1.54) is 12.1 Å². The Morgan fingerprint density at radius 3 is 2.57 bits per heavy atom. The maximum atomic E-state index is 13.0. The third-order valence-corrected chi connectivity index (χ3v) is 3.84. The van der Waals surface area contributed by atoms with E-state index in [1.807, 2.05) is 12.1 Å². The van der Waals surface area contributed by atoms with Crippen LogP contribution < -0.4 is 10.2 Å². The first-order chi connectivity index (χ1) is 11.0. The number of pyridine rings is 1. The fraction of sp³-hybridized carbons (Fsp3) is 0.294. The zero-order valence-electron chi connectivity index (χ0n) is 13.1. The molecule has 0 aliphatic carbocycles. The summed E-state index contributed by atoms with van der Waals surface area (Å²) in [5.74, 6) is 0.0946. The molecule has 0 saturated carbocycles. The van der Waals surface area contributed by atoms with Gasteiger partial charge in [0.25, 0.3) is 5.91 Å². The van der Waals surface area contributed by atoms with Crippen LogP contribution in [0.1, 0.15) is 29.8 Å². The van der Waals surface area contributed by atoms with Crippen LogP contribution >= 0.6 is 11.6 Å². The Morgan fingerprint density at radius 1 is 1.26 bits per heavy atom. The van der Waals surface area contributed by atoms with Gasteiger partial charge in [-0.15, -0.1) is 0 Å². The maximum absolute atomic E-state index is 13.0. The molecule has 0 bridgehead atoms. The summed E-state index contributed by atoms with van der Waals surface area (Å²) < 4.78 is 13.0. The van der Waals surface area contributed by atoms with Crippen molar-refractivity contribution in [3.8, 4) is 0 Å². The minimum Gasteiger partial charge on any atom is -0.357 e. The normalized spacial score (nSPS) is 10.4. The van der Waals surface area contributed by atoms with Crippen LogP contribution in [0.2, 0.25) is 5.02 Å². The highest BCUT2D eigenvalue weighted by Gasteiger charge is 2.11. The number of aromatic nitrogens is 1. The second-order valence-electron chi connectivity index (χ2n) is 5.00. The molecule has 23 heavy (non-hydrogen) atoms. The van der Waals surface area contributed by atoms with E-state index in [1.54, 1.807) is 6.20 Å². The summed E-state index contributed by atoms with van der Waals surface area (Å²) in [6.07, 6.45) is 1.74. The molecule has 0 radical (unpaired) electrons. The molecule has 4 nitrogen and oxygen atoms in total. The molecule has 122 valence electrons. The summed E-state index contributed by atoms with van der Waals surface area (Å²) in [5, 5.41) is 2.85. The van der Waals surface area contributed by atoms with Crippen molar-refractivity contribution >= 4 is 23.3 Å². The van der Waals surface area contributed by atoms with Crippen molar-refractivity contribution in [3.05, 3.63) is 58.5 Å². The van der Waals surface area contributed by atoms with E-state index >= 15 is 0 Å². The Balaban J connectivity index is 1.99. The zero-order valence-corrected chi connectivity index (χ0v) is 13.9. The van der Waals surface area contributed by atoms with Crippen LogP contribution in [-0.4, -0.2) is 24.0 Å². The number of carbonyl (C=O) groups is 1. The number of hydrogen-bond acceptors (Lipinski definition) is 3. The number of halogens is 2. The van der Waals surface area contributed by atoms with Crippen LogP contribution in [0.4, 0.5) is 10.2 Å². The van der Waals surface area contributed by atoms with Gasteiger partial charge >= 0.3 is 0 Å². The lowest BCUT2D eigenvalue weighted by Crippen LogP contribution is -2.24. The maximum Gasteiger partial charge on any atom is 0.253 e. The van der Waals surface area contributed by atoms with Gasteiger partial charge in [-0.1, -0.05) is 17.7 Å². The molecule has 1 N–H and O–H groups in total. The van der Waals surface area contributed by atoms with E-state index in [2.05, 4.69) is 29.0 Å². The van der Waals surface area contributed by atoms with Crippen molar-refractivity contribution in [1.82, 2.24) is 10.3 Å². The van der Waals surface area contributed by atoms with E-state index in [0.29, 0.717) is 6.54 Å². The first-order valence-corrected chi connectivity index (χ1v) is 7.86. The van der Waals surface area contributed by atoms with Gasteiger partial charge in [0.15, 0.2) is 0 Å². The summed E-state index contributed by atoms with van der Waals surface area (Å²) in [6, 6.07) is 7.55. The highest BCUT2D eigenvalue weighted by atomic mass is 35.5. The quantitative estimate of drug-likeness (QED) is 0.876. The number of hydrogen-bond donors (Lipinski definition) is 1. The number of benzene rings is 1. The fourth-order valence-corrected chi connectivity index (χ4v) is 2.46. The number of rotatable bonds is 6. The molecule has 0 unspecified atom stereocenters. The Morgan fingerprint density at radius 2 is 2.00 bits per heavy atom. The Hall–Kier alpha value is -2.14. The summed E-state index contributed by atoms with van der Waals surface area (Å²) >= 11 is 5.87. The van der Waals surface area contributed by atoms with Crippen molar-refractivity contribution in [2.24, 2.45) is 0 Å². The molecule has 0 spiro atoms. The number of carbonyl (C=O) groups excluding carboxylic acids is 1. The summed E-state index contributed by atoms with van der Waals surface area (Å²) in [7, 11) is 0. The van der Waals surface area contributed by atoms with E-state index in [9.17, 15) is 9.18 Å². The molecule has 2 rings (SSSR count). The molecule has 0 aliphatic heterocycles. The van der Waals surface area contributed by atoms with Gasteiger partial charge in [-0.05, 0) is 43.7 Å². The Labute approximate surface area is 140 Å². The first-order valence-electron chi connectivity index (χ1n) is 7.48. The highest BCUT2D eigenvalue weighted by Crippen LogP contribution is 2.17. The standard InChI is InChI=1S/C17H19ClFN3O/c1-3-22(4-2)16-8-5-12(10-20-16)11-21-17(23)14-7-6-13(19)9-15(14)18/h5-10H,3-4,11H2,1-2H3,(H,21,23). The van der Waals surface area contributed by atoms with E-state index in [0.717, 1.165) is 30.5 Å². The molecule has 0 saturated heterocycles. The van der Waals surface area contributed by atoms with Gasteiger partial charge in [0, 0.05) is 25.8 Å². The molecule has 1 heterocycles. The molecule has 2 aromatic rings. The van der Waals surface area contributed by atoms with Gasteiger partial charge in [-0.2, -0.15) is 0 Å². The van der Waals surface area contributed by atoms with E-state index in [-0.39, 0.29) is 16.5 Å². The lowest BCUT2D eigenvalue weighted by atomic mass is 10.2. The lowest BCUT2D eigenvalue weighted by Gasteiger charge is -2.19. The third-order valence-electron chi connectivity index (χ3n) is 3.53. The molecular formula is C17H19ClFN3O. The fourth-order valence-electron chi connectivity index (χ4n) is 2.21. The predicted octanol–water partition coefficient (Wildman–Crippen LogP) is 3.65. The van der Waals surface area contributed by atoms with Gasteiger partial charge in [-0.25, -0.2) is 9.37 Å². The summed E-state index contributed by atoms with van der Waals surface area (Å²) in [6.45, 7) is 6.26. The van der Waals surface area contributed by atoms with Gasteiger partial charge in [0.05, 0.1) is 10.6 Å². The lowest BCUT2D eigenvalue weighted by molar-refractivity contribution is 0.0951. The van der Waals surface area contributed by atoms with Gasteiger partial charge in [0.1, 0.15) is 11.6 Å². The van der Waals surface area contributed by atoms with Crippen LogP contribution in [0.5, 0.6) is 0 Å². The average Bonchev–Trinajstić information content (AvgIpc) is 2.55. The smallest absolute Gasteiger partial charge is 0.253 e. The van der Waals surface area contributed by atoms with Crippen LogP contribution in [0.15, 0.2) is 36.5 Å². The third kappa shape index (κ3) is 4.42. The molecule has 0 atom stereocenters. The van der Waals surface area contributed by atoms with E-state index in [4.69, 9.17) is 11.6 Å². The summed E-state index contributed by atoms with van der Waals surface area (Å²) in [5.41, 5.74) is 1.13. The van der Waals surface area contributed by atoms with Crippen LogP contribution in [0, 0.1) is 5.82 Å². The molecule has 0 aliphatic rings. The van der Waals surface area contributed by atoms with Crippen molar-refractivity contribution in [2.45, 2.75) is 20.4 Å². The van der Waals surface area contributed by atoms with Crippen molar-refractivity contribution < 1.29 is 9.18 Å². The van der Waals surface area contributed by atoms with Gasteiger partial charge < -0.3 is 10.2 Å². The van der Waals surface area contributed by atoms with Crippen molar-refractivity contribution in [2.75, 3.05) is 18.0 Å². The Bertz CT molecular complexity index is 672. The highest BCUT2D eigenvalue weighted by molar-refractivity contribution is 6.33. The predicted molar refractivity (Wildman–Crippen MR) is 90.4 cm³/mol. The number of nitrogens with one attached hydrogen (secondary N) is 1. The second-order valence-corrected chi connectivity index (χ2v) is 5.41. The van der Waals surface area contributed by atoms with E-state index < -0.39 is 5.82 Å². The number of nitrogens with zero attached hydrogens (tertiary/aromatic N) is 2. The van der Waals surface area contributed by atoms with Crippen LogP contribution in [0.25, 0.3) is 0 Å².